The van der Waals surface area contributed by atoms with Crippen molar-refractivity contribution in [3.05, 3.63) is 60.2 Å². The molecule has 1 saturated heterocycles. The second-order valence-electron chi connectivity index (χ2n) is 7.17. The molecule has 1 heterocycles. The number of rotatable bonds is 3. The van der Waals surface area contributed by atoms with Crippen molar-refractivity contribution in [3.63, 3.8) is 0 Å². The van der Waals surface area contributed by atoms with E-state index in [4.69, 9.17) is 0 Å². The summed E-state index contributed by atoms with van der Waals surface area (Å²) >= 11 is 0. The van der Waals surface area contributed by atoms with Gasteiger partial charge in [0.15, 0.2) is 0 Å². The normalized spacial score (nSPS) is 15.8. The van der Waals surface area contributed by atoms with Crippen LogP contribution in [0.2, 0.25) is 0 Å². The molecule has 0 aromatic heterocycles. The van der Waals surface area contributed by atoms with E-state index in [1.807, 2.05) is 0 Å². The van der Waals surface area contributed by atoms with Crippen molar-refractivity contribution in [2.45, 2.75) is 12.5 Å². The molecule has 5 heteroatoms. The summed E-state index contributed by atoms with van der Waals surface area (Å²) in [6, 6.07) is 22.5. The van der Waals surface area contributed by atoms with Crippen LogP contribution in [0.5, 0.6) is 0 Å². The molecule has 5 rings (SSSR count). The zero-order valence-electron chi connectivity index (χ0n) is 15.5. The first kappa shape index (κ1) is 20.6. The molecule has 1 aliphatic heterocycles. The molecule has 1 aliphatic rings. The van der Waals surface area contributed by atoms with Crippen LogP contribution >= 0.6 is 24.8 Å². The maximum Gasteiger partial charge on any atom is 0.0641 e. The number of nitrogens with one attached hydrogen (secondary N) is 1. The summed E-state index contributed by atoms with van der Waals surface area (Å²) in [6.45, 7) is 3.98. The first-order valence-corrected chi connectivity index (χ1v) is 9.35. The molecule has 0 spiro atoms. The molecule has 4 aromatic carbocycles. The Bertz CT molecular complexity index is 1110. The Kier molecular flexibility index (Phi) is 6.27. The molecule has 4 aromatic rings. The lowest BCUT2D eigenvalue weighted by Crippen LogP contribution is -2.45. The molecule has 3 nitrogen and oxygen atoms in total. The van der Waals surface area contributed by atoms with Crippen molar-refractivity contribution in [1.29, 1.82) is 5.26 Å². The van der Waals surface area contributed by atoms with Gasteiger partial charge in [-0.05, 0) is 37.9 Å². The molecule has 0 bridgehead atoms. The lowest BCUT2D eigenvalue weighted by Gasteiger charge is -2.34. The summed E-state index contributed by atoms with van der Waals surface area (Å²) in [4.78, 5) is 2.46. The molecule has 1 atom stereocenters. The molecule has 0 unspecified atom stereocenters. The lowest BCUT2D eigenvalue weighted by atomic mass is 9.88. The molecule has 0 saturated carbocycles. The van der Waals surface area contributed by atoms with E-state index in [-0.39, 0.29) is 30.9 Å². The van der Waals surface area contributed by atoms with Crippen LogP contribution in [-0.4, -0.2) is 31.1 Å². The fraction of sp³-hybridized carbons (Fsp3) is 0.261. The quantitative estimate of drug-likeness (QED) is 0.465. The third-order valence-electron chi connectivity index (χ3n) is 5.80. The van der Waals surface area contributed by atoms with E-state index in [2.05, 4.69) is 70.9 Å². The van der Waals surface area contributed by atoms with Crippen LogP contribution in [0.4, 0.5) is 0 Å². The Labute approximate surface area is 177 Å². The molecule has 0 aliphatic carbocycles. The van der Waals surface area contributed by atoms with Gasteiger partial charge in [-0.3, -0.25) is 4.90 Å². The summed E-state index contributed by atoms with van der Waals surface area (Å²) in [7, 11) is 0. The highest BCUT2D eigenvalue weighted by Gasteiger charge is 2.24. The molecule has 0 radical (unpaired) electrons. The van der Waals surface area contributed by atoms with Crippen molar-refractivity contribution >= 4 is 57.1 Å². The van der Waals surface area contributed by atoms with Crippen LogP contribution in [0.15, 0.2) is 54.6 Å². The van der Waals surface area contributed by atoms with Gasteiger partial charge in [-0.2, -0.15) is 5.26 Å². The van der Waals surface area contributed by atoms with E-state index in [0.29, 0.717) is 6.42 Å². The molecule has 1 fully saturated rings. The zero-order chi connectivity index (χ0) is 17.5. The maximum absolute atomic E-state index is 9.48. The van der Waals surface area contributed by atoms with E-state index in [0.717, 1.165) is 26.2 Å². The van der Waals surface area contributed by atoms with Crippen molar-refractivity contribution in [3.8, 4) is 6.07 Å². The first-order valence-electron chi connectivity index (χ1n) is 9.35. The molecule has 1 N–H and O–H groups in total. The third kappa shape index (κ3) is 3.27. The molecule has 28 heavy (non-hydrogen) atoms. The van der Waals surface area contributed by atoms with Crippen LogP contribution in [0.25, 0.3) is 32.3 Å². The van der Waals surface area contributed by atoms with E-state index in [9.17, 15) is 5.26 Å². The second-order valence-corrected chi connectivity index (χ2v) is 7.17. The van der Waals surface area contributed by atoms with Gasteiger partial charge in [0.2, 0.25) is 0 Å². The molecule has 144 valence electrons. The minimum atomic E-state index is 0. The zero-order valence-corrected chi connectivity index (χ0v) is 17.2. The maximum atomic E-state index is 9.48. The SMILES string of the molecule is Cl.Cl.N#CC[C@@H](c1ccc2ccc3cccc4ccc1c2c34)N1CCNCC1. The van der Waals surface area contributed by atoms with Crippen LogP contribution in [0.3, 0.4) is 0 Å². The number of benzene rings is 4. The molecular formula is C23H23Cl2N3. The van der Waals surface area contributed by atoms with Crippen molar-refractivity contribution in [2.75, 3.05) is 26.2 Å². The van der Waals surface area contributed by atoms with Gasteiger partial charge in [-0.25, -0.2) is 0 Å². The minimum absolute atomic E-state index is 0. The summed E-state index contributed by atoms with van der Waals surface area (Å²) in [6.07, 6.45) is 0.532. The number of nitrogens with zero attached hydrogens (tertiary/aromatic N) is 2. The average molecular weight is 412 g/mol. The Morgan fingerprint density at radius 3 is 2.14 bits per heavy atom. The fourth-order valence-electron chi connectivity index (χ4n) is 4.56. The molecule has 0 amide bonds. The smallest absolute Gasteiger partial charge is 0.0641 e. The summed E-state index contributed by atoms with van der Waals surface area (Å²) in [5, 5.41) is 20.7. The molecular weight excluding hydrogens is 389 g/mol. The van der Waals surface area contributed by atoms with Crippen LogP contribution in [-0.2, 0) is 0 Å². The Hall–Kier alpha value is -2.09. The fourth-order valence-corrected chi connectivity index (χ4v) is 4.56. The highest BCUT2D eigenvalue weighted by atomic mass is 35.5. The Morgan fingerprint density at radius 1 is 0.857 bits per heavy atom. The van der Waals surface area contributed by atoms with Gasteiger partial charge in [-0.15, -0.1) is 24.8 Å². The van der Waals surface area contributed by atoms with Gasteiger partial charge in [0, 0.05) is 32.2 Å². The summed E-state index contributed by atoms with van der Waals surface area (Å²) < 4.78 is 0. The second kappa shape index (κ2) is 8.51. The van der Waals surface area contributed by atoms with Crippen LogP contribution in [0, 0.1) is 11.3 Å². The highest BCUT2D eigenvalue weighted by Crippen LogP contribution is 2.39. The average Bonchev–Trinajstić information content (AvgIpc) is 2.71. The number of hydrogen-bond donors (Lipinski definition) is 1. The van der Waals surface area contributed by atoms with Crippen LogP contribution in [0.1, 0.15) is 18.0 Å². The van der Waals surface area contributed by atoms with E-state index in [1.54, 1.807) is 0 Å². The highest BCUT2D eigenvalue weighted by molar-refractivity contribution is 6.23. The Balaban J connectivity index is 0.00000112. The minimum Gasteiger partial charge on any atom is -0.314 e. The lowest BCUT2D eigenvalue weighted by molar-refractivity contribution is 0.176. The van der Waals surface area contributed by atoms with Gasteiger partial charge < -0.3 is 5.32 Å². The first-order chi connectivity index (χ1) is 12.9. The van der Waals surface area contributed by atoms with Gasteiger partial charge in [0.25, 0.3) is 0 Å². The van der Waals surface area contributed by atoms with Gasteiger partial charge in [-0.1, -0.05) is 54.6 Å². The van der Waals surface area contributed by atoms with E-state index in [1.165, 1.54) is 37.9 Å². The standard InChI is InChI=1S/C23H21N3.2ClH/c24-11-10-21(26-14-12-25-13-15-26)19-8-6-18-5-4-16-2-1-3-17-7-9-20(19)23(18)22(16)17;;/h1-9,21,25H,10,12-15H2;2*1H/t21-;;/m0../s1. The predicted octanol–water partition coefficient (Wildman–Crippen LogP) is 5.29. The number of piperazine rings is 1. The van der Waals surface area contributed by atoms with E-state index >= 15 is 0 Å². The van der Waals surface area contributed by atoms with Gasteiger partial charge in [0.1, 0.15) is 0 Å². The Morgan fingerprint density at radius 2 is 1.46 bits per heavy atom. The summed E-state index contributed by atoms with van der Waals surface area (Å²) in [5.41, 5.74) is 1.29. The van der Waals surface area contributed by atoms with Gasteiger partial charge in [0.05, 0.1) is 12.5 Å². The third-order valence-corrected chi connectivity index (χ3v) is 5.80. The van der Waals surface area contributed by atoms with Crippen molar-refractivity contribution in [1.82, 2.24) is 10.2 Å². The predicted molar refractivity (Wildman–Crippen MR) is 122 cm³/mol. The topological polar surface area (TPSA) is 39.1 Å². The number of nitriles is 1. The number of hydrogen-bond acceptors (Lipinski definition) is 3. The van der Waals surface area contributed by atoms with Crippen LogP contribution < -0.4 is 5.32 Å². The largest absolute Gasteiger partial charge is 0.314 e. The van der Waals surface area contributed by atoms with Gasteiger partial charge >= 0.3 is 0 Å². The summed E-state index contributed by atoms with van der Waals surface area (Å²) in [5.74, 6) is 0. The number of halogens is 2. The monoisotopic (exact) mass is 411 g/mol. The van der Waals surface area contributed by atoms with Crippen molar-refractivity contribution in [2.24, 2.45) is 0 Å². The van der Waals surface area contributed by atoms with Crippen molar-refractivity contribution < 1.29 is 0 Å². The van der Waals surface area contributed by atoms with E-state index < -0.39 is 0 Å².